The predicted molar refractivity (Wildman–Crippen MR) is 152 cm³/mol. The molecule has 4 aromatic rings. The van der Waals surface area contributed by atoms with Gasteiger partial charge in [0.05, 0.1) is 11.1 Å². The SMILES string of the molecule is Cc1cc(-c2cc(C)c(Oc3cccc(C(=O)O)c3C(=O)O)c(C)c2)cc(C)c1Oc1cccc(C(=O)O)c1C(=O)O. The lowest BCUT2D eigenvalue weighted by Gasteiger charge is -2.18. The van der Waals surface area contributed by atoms with Gasteiger partial charge in [-0.1, -0.05) is 12.1 Å². The third-order valence-corrected chi connectivity index (χ3v) is 6.62. The van der Waals surface area contributed by atoms with Crippen molar-refractivity contribution in [1.29, 1.82) is 0 Å². The molecule has 0 aromatic heterocycles. The van der Waals surface area contributed by atoms with Crippen molar-refractivity contribution in [2.45, 2.75) is 27.7 Å². The normalized spacial score (nSPS) is 10.7. The molecule has 42 heavy (non-hydrogen) atoms. The van der Waals surface area contributed by atoms with Crippen LogP contribution in [-0.4, -0.2) is 44.3 Å². The van der Waals surface area contributed by atoms with Crippen LogP contribution < -0.4 is 9.47 Å². The van der Waals surface area contributed by atoms with E-state index >= 15 is 0 Å². The Bertz CT molecular complexity index is 1610. The Morgan fingerprint density at radius 1 is 0.500 bits per heavy atom. The Hall–Kier alpha value is -5.64. The molecule has 214 valence electrons. The molecule has 0 saturated heterocycles. The van der Waals surface area contributed by atoms with Crippen molar-refractivity contribution in [2.75, 3.05) is 0 Å². The van der Waals surface area contributed by atoms with Crippen LogP contribution in [-0.2, 0) is 0 Å². The molecule has 0 atom stereocenters. The Morgan fingerprint density at radius 3 is 1.07 bits per heavy atom. The highest BCUT2D eigenvalue weighted by Gasteiger charge is 2.24. The number of carbonyl (C=O) groups is 4. The quantitative estimate of drug-likeness (QED) is 0.165. The summed E-state index contributed by atoms with van der Waals surface area (Å²) in [5.41, 5.74) is 2.66. The average Bonchev–Trinajstić information content (AvgIpc) is 2.91. The lowest BCUT2D eigenvalue weighted by atomic mass is 9.96. The Morgan fingerprint density at radius 2 is 0.810 bits per heavy atom. The van der Waals surface area contributed by atoms with Gasteiger partial charge in [-0.3, -0.25) is 0 Å². The fraction of sp³-hybridized carbons (Fsp3) is 0.125. The second kappa shape index (κ2) is 11.5. The summed E-state index contributed by atoms with van der Waals surface area (Å²) in [6, 6.07) is 15.4. The van der Waals surface area contributed by atoms with E-state index in [9.17, 15) is 39.6 Å². The van der Waals surface area contributed by atoms with E-state index in [1.165, 1.54) is 36.4 Å². The van der Waals surface area contributed by atoms with Crippen LogP contribution in [0.1, 0.15) is 63.7 Å². The average molecular weight is 571 g/mol. The standard InChI is InChI=1S/C32H26O10/c1-15-11-19(12-16(2)27(15)41-23-9-5-7-21(29(33)34)25(23)31(37)38)20-13-17(3)28(18(4)14-20)42-24-10-6-8-22(30(35)36)26(24)32(39)40/h5-14H,1-4H3,(H,33,34)(H,35,36)(H,37,38)(H,39,40). The Kier molecular flexibility index (Phi) is 8.01. The van der Waals surface area contributed by atoms with Crippen LogP contribution in [0.3, 0.4) is 0 Å². The maximum atomic E-state index is 11.8. The summed E-state index contributed by atoms with van der Waals surface area (Å²) in [4.78, 5) is 46.8. The van der Waals surface area contributed by atoms with Crippen LogP contribution in [0.5, 0.6) is 23.0 Å². The van der Waals surface area contributed by atoms with Crippen LogP contribution in [0.2, 0.25) is 0 Å². The van der Waals surface area contributed by atoms with Crippen molar-refractivity contribution in [3.05, 3.63) is 105 Å². The summed E-state index contributed by atoms with van der Waals surface area (Å²) >= 11 is 0. The van der Waals surface area contributed by atoms with Crippen molar-refractivity contribution in [3.63, 3.8) is 0 Å². The van der Waals surface area contributed by atoms with Gasteiger partial charge >= 0.3 is 23.9 Å². The van der Waals surface area contributed by atoms with Crippen LogP contribution >= 0.6 is 0 Å². The number of hydrogen-bond acceptors (Lipinski definition) is 6. The Labute approximate surface area is 240 Å². The first-order valence-corrected chi connectivity index (χ1v) is 12.6. The topological polar surface area (TPSA) is 168 Å². The minimum absolute atomic E-state index is 0.0951. The van der Waals surface area contributed by atoms with Gasteiger partial charge in [0.2, 0.25) is 0 Å². The number of ether oxygens (including phenoxy) is 2. The van der Waals surface area contributed by atoms with E-state index in [1.807, 2.05) is 24.3 Å². The molecule has 0 spiro atoms. The molecule has 10 heteroatoms. The molecule has 4 rings (SSSR count). The van der Waals surface area contributed by atoms with E-state index in [2.05, 4.69) is 0 Å². The van der Waals surface area contributed by atoms with Crippen LogP contribution in [0, 0.1) is 27.7 Å². The van der Waals surface area contributed by atoms with Gasteiger partial charge in [-0.15, -0.1) is 0 Å². The van der Waals surface area contributed by atoms with E-state index in [1.54, 1.807) is 27.7 Å². The molecule has 10 nitrogen and oxygen atoms in total. The van der Waals surface area contributed by atoms with Gasteiger partial charge < -0.3 is 29.9 Å². The predicted octanol–water partition coefficient (Wildman–Crippen LogP) is 6.96. The first-order chi connectivity index (χ1) is 19.8. The minimum atomic E-state index is -1.42. The third kappa shape index (κ3) is 5.64. The highest BCUT2D eigenvalue weighted by Crippen LogP contribution is 2.39. The summed E-state index contributed by atoms with van der Waals surface area (Å²) in [5, 5.41) is 38.1. The van der Waals surface area contributed by atoms with Gasteiger partial charge in [-0.05, 0) is 110 Å². The van der Waals surface area contributed by atoms with E-state index < -0.39 is 35.0 Å². The molecule has 0 unspecified atom stereocenters. The van der Waals surface area contributed by atoms with Crippen LogP contribution in [0.15, 0.2) is 60.7 Å². The largest absolute Gasteiger partial charge is 0.478 e. The molecule has 4 aromatic carbocycles. The number of hydrogen-bond donors (Lipinski definition) is 4. The zero-order valence-electron chi connectivity index (χ0n) is 23.0. The number of aryl methyl sites for hydroxylation is 4. The molecule has 4 N–H and O–H groups in total. The van der Waals surface area contributed by atoms with Crippen LogP contribution in [0.25, 0.3) is 11.1 Å². The van der Waals surface area contributed by atoms with Crippen molar-refractivity contribution >= 4 is 23.9 Å². The molecule has 0 saturated carbocycles. The van der Waals surface area contributed by atoms with Gasteiger partial charge in [0.25, 0.3) is 0 Å². The third-order valence-electron chi connectivity index (χ3n) is 6.62. The highest BCUT2D eigenvalue weighted by molar-refractivity contribution is 6.04. The fourth-order valence-electron chi connectivity index (χ4n) is 4.81. The van der Waals surface area contributed by atoms with Gasteiger partial charge in [0.15, 0.2) is 0 Å². The van der Waals surface area contributed by atoms with E-state index in [0.717, 1.165) is 11.1 Å². The molecular weight excluding hydrogens is 544 g/mol. The smallest absolute Gasteiger partial charge is 0.340 e. The van der Waals surface area contributed by atoms with Crippen molar-refractivity contribution < 1.29 is 49.1 Å². The zero-order valence-corrected chi connectivity index (χ0v) is 23.0. The Balaban J connectivity index is 1.71. The maximum Gasteiger partial charge on any atom is 0.340 e. The number of benzene rings is 4. The molecule has 0 amide bonds. The minimum Gasteiger partial charge on any atom is -0.478 e. The molecule has 0 fully saturated rings. The first kappa shape index (κ1) is 29.3. The summed E-state index contributed by atoms with van der Waals surface area (Å²) < 4.78 is 11.9. The van der Waals surface area contributed by atoms with Crippen molar-refractivity contribution in [2.24, 2.45) is 0 Å². The molecule has 0 heterocycles. The number of carboxylic acid groups (broad SMARTS) is 4. The van der Waals surface area contributed by atoms with E-state index in [4.69, 9.17) is 9.47 Å². The summed E-state index contributed by atoms with van der Waals surface area (Å²) in [6.07, 6.45) is 0. The molecular formula is C32H26O10. The second-order valence-corrected chi connectivity index (χ2v) is 9.66. The molecule has 0 aliphatic carbocycles. The molecule has 0 bridgehead atoms. The lowest BCUT2D eigenvalue weighted by Crippen LogP contribution is -2.10. The highest BCUT2D eigenvalue weighted by atomic mass is 16.5. The number of carboxylic acids is 4. The first-order valence-electron chi connectivity index (χ1n) is 12.6. The van der Waals surface area contributed by atoms with E-state index in [-0.39, 0.29) is 22.6 Å². The van der Waals surface area contributed by atoms with Gasteiger partial charge in [0, 0.05) is 0 Å². The van der Waals surface area contributed by atoms with Crippen molar-refractivity contribution in [1.82, 2.24) is 0 Å². The number of rotatable bonds is 9. The van der Waals surface area contributed by atoms with Crippen molar-refractivity contribution in [3.8, 4) is 34.1 Å². The zero-order chi connectivity index (χ0) is 30.9. The summed E-state index contributed by atoms with van der Waals surface area (Å²) in [5.74, 6) is -5.03. The van der Waals surface area contributed by atoms with Gasteiger partial charge in [0.1, 0.15) is 34.1 Å². The summed E-state index contributed by atoms with van der Waals surface area (Å²) in [7, 11) is 0. The van der Waals surface area contributed by atoms with E-state index in [0.29, 0.717) is 33.8 Å². The molecule has 0 radical (unpaired) electrons. The molecule has 0 aliphatic heterocycles. The fourth-order valence-corrected chi connectivity index (χ4v) is 4.81. The van der Waals surface area contributed by atoms with Crippen LogP contribution in [0.4, 0.5) is 0 Å². The van der Waals surface area contributed by atoms with Gasteiger partial charge in [-0.2, -0.15) is 0 Å². The monoisotopic (exact) mass is 570 g/mol. The maximum absolute atomic E-state index is 11.8. The van der Waals surface area contributed by atoms with Gasteiger partial charge in [-0.25, -0.2) is 19.2 Å². The number of aromatic carboxylic acids is 4. The lowest BCUT2D eigenvalue weighted by molar-refractivity contribution is 0.0649. The second-order valence-electron chi connectivity index (χ2n) is 9.66. The molecule has 0 aliphatic rings. The summed E-state index contributed by atoms with van der Waals surface area (Å²) in [6.45, 7) is 7.14.